The number of hydrogen-bond donors (Lipinski definition) is 1. The summed E-state index contributed by atoms with van der Waals surface area (Å²) in [6.07, 6.45) is 6.14. The molecule has 1 aliphatic rings. The summed E-state index contributed by atoms with van der Waals surface area (Å²) < 4.78 is 0. The van der Waals surface area contributed by atoms with Crippen molar-refractivity contribution in [2.45, 2.75) is 44.7 Å². The highest BCUT2D eigenvalue weighted by Crippen LogP contribution is 2.24. The zero-order valence-electron chi connectivity index (χ0n) is 10.2. The van der Waals surface area contributed by atoms with Crippen molar-refractivity contribution < 1.29 is 4.92 Å². The zero-order chi connectivity index (χ0) is 13.0. The van der Waals surface area contributed by atoms with Gasteiger partial charge in [-0.25, -0.2) is 0 Å². The van der Waals surface area contributed by atoms with Crippen LogP contribution < -0.4 is 5.32 Å². The van der Waals surface area contributed by atoms with Gasteiger partial charge in [0.15, 0.2) is 0 Å². The molecule has 0 spiro atoms. The lowest BCUT2D eigenvalue weighted by Gasteiger charge is -2.22. The second-order valence-corrected chi connectivity index (χ2v) is 5.18. The molecule has 1 aliphatic carbocycles. The van der Waals surface area contributed by atoms with E-state index in [2.05, 4.69) is 5.32 Å². The van der Waals surface area contributed by atoms with Gasteiger partial charge in [-0.1, -0.05) is 30.9 Å². The number of benzene rings is 1. The molecular weight excluding hydrogens is 252 g/mol. The Bertz CT molecular complexity index is 431. The number of nitro groups is 1. The van der Waals surface area contributed by atoms with Gasteiger partial charge in [-0.15, -0.1) is 0 Å². The number of nitrogens with one attached hydrogen (secondary N) is 1. The summed E-state index contributed by atoms with van der Waals surface area (Å²) in [5.74, 6) is 0. The molecule has 0 heterocycles. The SMILES string of the molecule is O=[N+]([O-])c1cc(Cl)ccc1CNC1CCCCC1. The molecule has 0 aromatic heterocycles. The Balaban J connectivity index is 2.01. The second-order valence-electron chi connectivity index (χ2n) is 4.75. The molecule has 1 aromatic carbocycles. The highest BCUT2D eigenvalue weighted by atomic mass is 35.5. The molecule has 4 nitrogen and oxygen atoms in total. The molecular formula is C13H17ClN2O2. The first-order valence-corrected chi connectivity index (χ1v) is 6.71. The summed E-state index contributed by atoms with van der Waals surface area (Å²) in [4.78, 5) is 10.6. The van der Waals surface area contributed by atoms with Crippen LogP contribution in [0.1, 0.15) is 37.7 Å². The Morgan fingerprint density at radius 1 is 1.33 bits per heavy atom. The molecule has 0 amide bonds. The summed E-state index contributed by atoms with van der Waals surface area (Å²) >= 11 is 5.78. The lowest BCUT2D eigenvalue weighted by molar-refractivity contribution is -0.385. The quantitative estimate of drug-likeness (QED) is 0.670. The monoisotopic (exact) mass is 268 g/mol. The van der Waals surface area contributed by atoms with Crippen LogP contribution in [-0.2, 0) is 6.54 Å². The van der Waals surface area contributed by atoms with Crippen molar-refractivity contribution in [1.82, 2.24) is 5.32 Å². The molecule has 0 unspecified atom stereocenters. The third-order valence-electron chi connectivity index (χ3n) is 3.43. The Morgan fingerprint density at radius 2 is 2.06 bits per heavy atom. The van der Waals surface area contributed by atoms with Crippen LogP contribution in [0.25, 0.3) is 0 Å². The van der Waals surface area contributed by atoms with Crippen LogP contribution in [0.2, 0.25) is 5.02 Å². The first-order chi connectivity index (χ1) is 8.66. The van der Waals surface area contributed by atoms with Gasteiger partial charge in [0, 0.05) is 29.2 Å². The standard InChI is InChI=1S/C13H17ClN2O2/c14-11-7-6-10(13(8-11)16(17)18)9-15-12-4-2-1-3-5-12/h6-8,12,15H,1-5,9H2. The Labute approximate surface area is 111 Å². The molecule has 1 fully saturated rings. The van der Waals surface area contributed by atoms with Crippen molar-refractivity contribution in [3.05, 3.63) is 38.9 Å². The average molecular weight is 269 g/mol. The van der Waals surface area contributed by atoms with E-state index in [1.807, 2.05) is 0 Å². The van der Waals surface area contributed by atoms with Gasteiger partial charge < -0.3 is 5.32 Å². The maximum Gasteiger partial charge on any atom is 0.275 e. The molecule has 1 N–H and O–H groups in total. The minimum absolute atomic E-state index is 0.103. The molecule has 2 rings (SSSR count). The molecule has 5 heteroatoms. The minimum Gasteiger partial charge on any atom is -0.310 e. The topological polar surface area (TPSA) is 55.2 Å². The number of halogens is 1. The fourth-order valence-corrected chi connectivity index (χ4v) is 2.58. The maximum atomic E-state index is 10.9. The normalized spacial score (nSPS) is 16.7. The summed E-state index contributed by atoms with van der Waals surface area (Å²) in [5.41, 5.74) is 0.806. The lowest BCUT2D eigenvalue weighted by Crippen LogP contribution is -2.30. The number of nitro benzene ring substituents is 1. The highest BCUT2D eigenvalue weighted by Gasteiger charge is 2.17. The van der Waals surface area contributed by atoms with E-state index in [0.29, 0.717) is 23.2 Å². The van der Waals surface area contributed by atoms with E-state index < -0.39 is 0 Å². The van der Waals surface area contributed by atoms with Gasteiger partial charge in [0.25, 0.3) is 5.69 Å². The van der Waals surface area contributed by atoms with Crippen molar-refractivity contribution >= 4 is 17.3 Å². The summed E-state index contributed by atoms with van der Waals surface area (Å²) in [7, 11) is 0. The number of nitrogens with zero attached hydrogens (tertiary/aromatic N) is 1. The van der Waals surface area contributed by atoms with E-state index in [9.17, 15) is 10.1 Å². The van der Waals surface area contributed by atoms with Crippen molar-refractivity contribution in [2.75, 3.05) is 0 Å². The minimum atomic E-state index is -0.371. The molecule has 0 radical (unpaired) electrons. The van der Waals surface area contributed by atoms with Crippen LogP contribution in [0.15, 0.2) is 18.2 Å². The van der Waals surface area contributed by atoms with E-state index in [-0.39, 0.29) is 10.6 Å². The fraction of sp³-hybridized carbons (Fsp3) is 0.538. The van der Waals surface area contributed by atoms with Gasteiger partial charge in [-0.2, -0.15) is 0 Å². The molecule has 98 valence electrons. The largest absolute Gasteiger partial charge is 0.310 e. The molecule has 0 bridgehead atoms. The molecule has 0 saturated heterocycles. The van der Waals surface area contributed by atoms with E-state index in [0.717, 1.165) is 0 Å². The van der Waals surface area contributed by atoms with E-state index in [4.69, 9.17) is 11.6 Å². The van der Waals surface area contributed by atoms with Crippen molar-refractivity contribution in [1.29, 1.82) is 0 Å². The number of hydrogen-bond acceptors (Lipinski definition) is 3. The highest BCUT2D eigenvalue weighted by molar-refractivity contribution is 6.30. The van der Waals surface area contributed by atoms with Crippen LogP contribution >= 0.6 is 11.6 Å². The van der Waals surface area contributed by atoms with Crippen molar-refractivity contribution in [2.24, 2.45) is 0 Å². The predicted octanol–water partition coefficient (Wildman–Crippen LogP) is 3.67. The van der Waals surface area contributed by atoms with Gasteiger partial charge >= 0.3 is 0 Å². The van der Waals surface area contributed by atoms with Crippen molar-refractivity contribution in [3.63, 3.8) is 0 Å². The average Bonchev–Trinajstić information content (AvgIpc) is 2.38. The van der Waals surface area contributed by atoms with Crippen LogP contribution in [-0.4, -0.2) is 11.0 Å². The molecule has 18 heavy (non-hydrogen) atoms. The van der Waals surface area contributed by atoms with Gasteiger partial charge in [-0.3, -0.25) is 10.1 Å². The first kappa shape index (κ1) is 13.3. The van der Waals surface area contributed by atoms with Crippen molar-refractivity contribution in [3.8, 4) is 0 Å². The van der Waals surface area contributed by atoms with E-state index in [1.54, 1.807) is 12.1 Å². The smallest absolute Gasteiger partial charge is 0.275 e. The van der Waals surface area contributed by atoms with Crippen LogP contribution in [0.5, 0.6) is 0 Å². The fourth-order valence-electron chi connectivity index (χ4n) is 2.42. The van der Waals surface area contributed by atoms with Crippen LogP contribution in [0.3, 0.4) is 0 Å². The Hall–Kier alpha value is -1.13. The van der Waals surface area contributed by atoms with Gasteiger partial charge in [0.1, 0.15) is 0 Å². The van der Waals surface area contributed by atoms with E-state index in [1.165, 1.54) is 38.2 Å². The second kappa shape index (κ2) is 6.16. The summed E-state index contributed by atoms with van der Waals surface area (Å²) in [6, 6.07) is 5.34. The van der Waals surface area contributed by atoms with Crippen LogP contribution in [0.4, 0.5) is 5.69 Å². The molecule has 1 saturated carbocycles. The maximum absolute atomic E-state index is 10.9. The van der Waals surface area contributed by atoms with Gasteiger partial charge in [0.05, 0.1) is 4.92 Å². The van der Waals surface area contributed by atoms with Gasteiger partial charge in [-0.05, 0) is 25.0 Å². The third kappa shape index (κ3) is 3.43. The molecule has 1 aromatic rings. The third-order valence-corrected chi connectivity index (χ3v) is 3.67. The Kier molecular flexibility index (Phi) is 4.55. The van der Waals surface area contributed by atoms with E-state index >= 15 is 0 Å². The molecule has 0 atom stereocenters. The van der Waals surface area contributed by atoms with Crippen LogP contribution in [0, 0.1) is 10.1 Å². The zero-order valence-corrected chi connectivity index (χ0v) is 10.9. The van der Waals surface area contributed by atoms with Gasteiger partial charge in [0.2, 0.25) is 0 Å². The lowest BCUT2D eigenvalue weighted by atomic mass is 9.95. The number of rotatable bonds is 4. The Morgan fingerprint density at radius 3 is 2.72 bits per heavy atom. The molecule has 0 aliphatic heterocycles. The summed E-state index contributed by atoms with van der Waals surface area (Å²) in [5, 5.41) is 14.8. The predicted molar refractivity (Wildman–Crippen MR) is 71.8 cm³/mol. The summed E-state index contributed by atoms with van der Waals surface area (Å²) in [6.45, 7) is 0.540. The first-order valence-electron chi connectivity index (χ1n) is 6.33.